The molecular formula is C15H15N3O5. The average molecular weight is 317 g/mol. The van der Waals surface area contributed by atoms with Gasteiger partial charge in [0.05, 0.1) is 24.0 Å². The summed E-state index contributed by atoms with van der Waals surface area (Å²) in [5.41, 5.74) is 0.402. The number of carbonyl (C=O) groups is 1. The van der Waals surface area contributed by atoms with E-state index in [1.54, 1.807) is 24.3 Å². The summed E-state index contributed by atoms with van der Waals surface area (Å²) in [7, 11) is 0. The molecule has 0 saturated carbocycles. The first kappa shape index (κ1) is 16.2. The van der Waals surface area contributed by atoms with Crippen LogP contribution in [0.4, 0.5) is 11.5 Å². The van der Waals surface area contributed by atoms with E-state index in [4.69, 9.17) is 4.74 Å². The lowest BCUT2D eigenvalue weighted by molar-refractivity contribution is -0.385. The summed E-state index contributed by atoms with van der Waals surface area (Å²) in [6.07, 6.45) is 1.04. The molecule has 2 aromatic rings. The molecule has 0 spiro atoms. The number of nitro groups is 1. The van der Waals surface area contributed by atoms with Gasteiger partial charge in [0.1, 0.15) is 11.9 Å². The molecule has 120 valence electrons. The van der Waals surface area contributed by atoms with Crippen molar-refractivity contribution < 1.29 is 19.6 Å². The molecule has 0 atom stereocenters. The zero-order valence-corrected chi connectivity index (χ0v) is 12.4. The number of aromatic nitrogens is 1. The highest BCUT2D eigenvalue weighted by Crippen LogP contribution is 2.25. The minimum absolute atomic E-state index is 0.0739. The highest BCUT2D eigenvalue weighted by Gasteiger charge is 2.14. The van der Waals surface area contributed by atoms with Crippen LogP contribution in [-0.2, 0) is 11.2 Å². The number of nitrogens with zero attached hydrogens (tertiary/aromatic N) is 2. The molecule has 0 radical (unpaired) electrons. The Bertz CT molecular complexity index is 716. The third-order valence-corrected chi connectivity index (χ3v) is 2.92. The van der Waals surface area contributed by atoms with Gasteiger partial charge in [-0.25, -0.2) is 4.98 Å². The van der Waals surface area contributed by atoms with Crippen molar-refractivity contribution in [3.63, 3.8) is 0 Å². The van der Waals surface area contributed by atoms with Crippen molar-refractivity contribution in [2.45, 2.75) is 13.3 Å². The fraction of sp³-hybridized carbons (Fsp3) is 0.200. The monoisotopic (exact) mass is 317 g/mol. The molecule has 0 saturated heterocycles. The molecule has 1 aromatic carbocycles. The van der Waals surface area contributed by atoms with E-state index in [-0.39, 0.29) is 17.9 Å². The van der Waals surface area contributed by atoms with Crippen LogP contribution in [0.25, 0.3) is 0 Å². The van der Waals surface area contributed by atoms with E-state index in [1.807, 2.05) is 6.92 Å². The number of carbonyl (C=O) groups excluding carboxylic acids is 1. The van der Waals surface area contributed by atoms with Crippen LogP contribution in [0, 0.1) is 10.1 Å². The third-order valence-electron chi connectivity index (χ3n) is 2.92. The zero-order valence-electron chi connectivity index (χ0n) is 12.4. The van der Waals surface area contributed by atoms with Gasteiger partial charge in [-0.3, -0.25) is 14.9 Å². The standard InChI is InChI=1S/C15H15N3O5/c1-2-23-12-5-3-10(4-6-12)7-14(20)17-15-13(19)8-11(9-16-15)18(21)22/h3-6,8-9,19H,2,7H2,1H3,(H,16,17,20). The molecule has 0 fully saturated rings. The van der Waals surface area contributed by atoms with Gasteiger partial charge in [0.2, 0.25) is 5.91 Å². The first-order chi connectivity index (χ1) is 11.0. The topological polar surface area (TPSA) is 115 Å². The predicted octanol–water partition coefficient (Wildman–Crippen LogP) is 2.28. The molecule has 0 aliphatic rings. The number of hydrogen-bond donors (Lipinski definition) is 2. The number of nitrogens with one attached hydrogen (secondary N) is 1. The summed E-state index contributed by atoms with van der Waals surface area (Å²) in [6.45, 7) is 2.44. The van der Waals surface area contributed by atoms with Gasteiger partial charge in [-0.15, -0.1) is 0 Å². The van der Waals surface area contributed by atoms with E-state index in [2.05, 4.69) is 10.3 Å². The fourth-order valence-corrected chi connectivity index (χ4v) is 1.87. The summed E-state index contributed by atoms with van der Waals surface area (Å²) in [5.74, 6) is -0.261. The van der Waals surface area contributed by atoms with Crippen LogP contribution in [0.3, 0.4) is 0 Å². The average Bonchev–Trinajstić information content (AvgIpc) is 2.51. The van der Waals surface area contributed by atoms with Gasteiger partial charge in [0.15, 0.2) is 11.6 Å². The van der Waals surface area contributed by atoms with Crippen LogP contribution < -0.4 is 10.1 Å². The van der Waals surface area contributed by atoms with E-state index in [0.717, 1.165) is 17.8 Å². The lowest BCUT2D eigenvalue weighted by Gasteiger charge is -2.07. The molecule has 0 aliphatic heterocycles. The van der Waals surface area contributed by atoms with Gasteiger partial charge < -0.3 is 15.2 Å². The fourth-order valence-electron chi connectivity index (χ4n) is 1.87. The maximum atomic E-state index is 11.9. The van der Waals surface area contributed by atoms with Crippen molar-refractivity contribution in [3.8, 4) is 11.5 Å². The molecule has 8 nitrogen and oxygen atoms in total. The van der Waals surface area contributed by atoms with Gasteiger partial charge in [0, 0.05) is 0 Å². The Morgan fingerprint density at radius 2 is 2.09 bits per heavy atom. The number of ether oxygens (including phenoxy) is 1. The van der Waals surface area contributed by atoms with Crippen LogP contribution >= 0.6 is 0 Å². The number of anilines is 1. The summed E-state index contributed by atoms with van der Waals surface area (Å²) < 4.78 is 5.31. The van der Waals surface area contributed by atoms with Gasteiger partial charge in [-0.1, -0.05) is 12.1 Å². The number of amides is 1. The minimum Gasteiger partial charge on any atom is -0.504 e. The number of pyridine rings is 1. The Morgan fingerprint density at radius 3 is 2.65 bits per heavy atom. The van der Waals surface area contributed by atoms with Crippen LogP contribution in [0.5, 0.6) is 11.5 Å². The molecule has 0 unspecified atom stereocenters. The highest BCUT2D eigenvalue weighted by atomic mass is 16.6. The molecule has 0 aliphatic carbocycles. The van der Waals surface area contributed by atoms with Crippen LogP contribution in [0.1, 0.15) is 12.5 Å². The quantitative estimate of drug-likeness (QED) is 0.624. The van der Waals surface area contributed by atoms with E-state index in [9.17, 15) is 20.0 Å². The third kappa shape index (κ3) is 4.40. The number of rotatable bonds is 6. The Morgan fingerprint density at radius 1 is 1.39 bits per heavy atom. The first-order valence-electron chi connectivity index (χ1n) is 6.84. The van der Waals surface area contributed by atoms with Gasteiger partial charge in [-0.2, -0.15) is 0 Å². The van der Waals surface area contributed by atoms with Crippen molar-refractivity contribution in [1.82, 2.24) is 4.98 Å². The number of hydrogen-bond acceptors (Lipinski definition) is 6. The summed E-state index contributed by atoms with van der Waals surface area (Å²) in [6, 6.07) is 7.96. The molecular weight excluding hydrogens is 302 g/mol. The second kappa shape index (κ2) is 7.21. The van der Waals surface area contributed by atoms with Crippen LogP contribution in [0.2, 0.25) is 0 Å². The number of aromatic hydroxyl groups is 1. The smallest absolute Gasteiger partial charge is 0.291 e. The molecule has 2 rings (SSSR count). The van der Waals surface area contributed by atoms with Gasteiger partial charge in [-0.05, 0) is 24.6 Å². The minimum atomic E-state index is -0.682. The predicted molar refractivity (Wildman–Crippen MR) is 82.5 cm³/mol. The molecule has 1 amide bonds. The van der Waals surface area contributed by atoms with E-state index in [0.29, 0.717) is 12.4 Å². The first-order valence-corrected chi connectivity index (χ1v) is 6.84. The molecule has 2 N–H and O–H groups in total. The van der Waals surface area contributed by atoms with E-state index >= 15 is 0 Å². The Balaban J connectivity index is 2.00. The van der Waals surface area contributed by atoms with Crippen LogP contribution in [-0.4, -0.2) is 27.5 Å². The maximum Gasteiger partial charge on any atom is 0.291 e. The molecule has 0 bridgehead atoms. The van der Waals surface area contributed by atoms with E-state index < -0.39 is 16.6 Å². The van der Waals surface area contributed by atoms with Crippen molar-refractivity contribution in [2.24, 2.45) is 0 Å². The maximum absolute atomic E-state index is 11.9. The van der Waals surface area contributed by atoms with Crippen molar-refractivity contribution in [2.75, 3.05) is 11.9 Å². The summed E-state index contributed by atoms with van der Waals surface area (Å²) in [5, 5.41) is 22.6. The number of benzene rings is 1. The van der Waals surface area contributed by atoms with Crippen LogP contribution in [0.15, 0.2) is 36.5 Å². The van der Waals surface area contributed by atoms with E-state index in [1.165, 1.54) is 0 Å². The zero-order chi connectivity index (χ0) is 16.8. The van der Waals surface area contributed by atoms with Gasteiger partial charge >= 0.3 is 0 Å². The normalized spacial score (nSPS) is 10.1. The molecule has 8 heteroatoms. The molecule has 1 heterocycles. The van der Waals surface area contributed by atoms with Crippen molar-refractivity contribution in [3.05, 3.63) is 52.2 Å². The second-order valence-electron chi connectivity index (χ2n) is 4.62. The Hall–Kier alpha value is -3.16. The summed E-state index contributed by atoms with van der Waals surface area (Å²) >= 11 is 0. The van der Waals surface area contributed by atoms with Gasteiger partial charge in [0.25, 0.3) is 5.69 Å². The lowest BCUT2D eigenvalue weighted by Crippen LogP contribution is -2.15. The summed E-state index contributed by atoms with van der Waals surface area (Å²) in [4.78, 5) is 25.5. The van der Waals surface area contributed by atoms with Crippen molar-refractivity contribution in [1.29, 1.82) is 0 Å². The molecule has 23 heavy (non-hydrogen) atoms. The SMILES string of the molecule is CCOc1ccc(CC(=O)Nc2ncc([N+](=O)[O-])cc2O)cc1. The molecule has 1 aromatic heterocycles. The Labute approximate surface area is 131 Å². The Kier molecular flexibility index (Phi) is 5.08. The van der Waals surface area contributed by atoms with Crippen molar-refractivity contribution >= 4 is 17.4 Å². The second-order valence-corrected chi connectivity index (χ2v) is 4.62. The lowest BCUT2D eigenvalue weighted by atomic mass is 10.1. The highest BCUT2D eigenvalue weighted by molar-refractivity contribution is 5.92. The largest absolute Gasteiger partial charge is 0.504 e.